The Morgan fingerprint density at radius 1 is 1.55 bits per heavy atom. The van der Waals surface area contributed by atoms with Crippen molar-refractivity contribution in [3.63, 3.8) is 0 Å². The lowest BCUT2D eigenvalue weighted by Crippen LogP contribution is -1.80. The van der Waals surface area contributed by atoms with Crippen LogP contribution in [0.4, 0.5) is 0 Å². The van der Waals surface area contributed by atoms with E-state index in [9.17, 15) is 0 Å². The Hall–Kier alpha value is -0.290. The second kappa shape index (κ2) is 2.64. The minimum absolute atomic E-state index is 0.690. The molecule has 0 atom stereocenters. The molecule has 2 aromatic heterocycles. The van der Waals surface area contributed by atoms with Gasteiger partial charge in [0.2, 0.25) is 0 Å². The summed E-state index contributed by atoms with van der Waals surface area (Å²) in [5.74, 6) is 0. The van der Waals surface area contributed by atoms with Crippen LogP contribution in [0, 0.1) is 3.70 Å². The zero-order chi connectivity index (χ0) is 7.84. The van der Waals surface area contributed by atoms with E-state index in [1.54, 1.807) is 0 Å². The van der Waals surface area contributed by atoms with Crippen LogP contribution >= 0.6 is 34.2 Å². The third kappa shape index (κ3) is 1.22. The summed E-state index contributed by atoms with van der Waals surface area (Å²) >= 11 is 8.04. The maximum atomic E-state index is 5.88. The normalized spacial score (nSPS) is 10.7. The maximum absolute atomic E-state index is 5.88. The molecule has 0 spiro atoms. The lowest BCUT2D eigenvalue weighted by atomic mass is 10.5. The summed E-state index contributed by atoms with van der Waals surface area (Å²) in [7, 11) is 0. The van der Waals surface area contributed by atoms with E-state index in [4.69, 9.17) is 11.6 Å². The molecule has 4 heteroatoms. The van der Waals surface area contributed by atoms with Crippen molar-refractivity contribution in [3.05, 3.63) is 33.2 Å². The summed E-state index contributed by atoms with van der Waals surface area (Å²) < 4.78 is 2.86. The number of nitrogens with zero attached hydrogens (tertiary/aromatic N) is 2. The summed E-state index contributed by atoms with van der Waals surface area (Å²) in [6.45, 7) is 0. The van der Waals surface area contributed by atoms with Crippen LogP contribution in [0.3, 0.4) is 0 Å². The highest BCUT2D eigenvalue weighted by Crippen LogP contribution is 2.16. The van der Waals surface area contributed by atoms with Gasteiger partial charge < -0.3 is 4.40 Å². The van der Waals surface area contributed by atoms with E-state index in [0.29, 0.717) is 5.02 Å². The highest BCUT2D eigenvalue weighted by atomic mass is 127. The van der Waals surface area contributed by atoms with Gasteiger partial charge in [0, 0.05) is 12.4 Å². The van der Waals surface area contributed by atoms with Crippen molar-refractivity contribution in [1.29, 1.82) is 0 Å². The van der Waals surface area contributed by atoms with E-state index in [0.717, 1.165) is 9.35 Å². The van der Waals surface area contributed by atoms with E-state index in [-0.39, 0.29) is 0 Å². The zero-order valence-corrected chi connectivity index (χ0v) is 8.37. The Labute approximate surface area is 82.3 Å². The molecule has 11 heavy (non-hydrogen) atoms. The van der Waals surface area contributed by atoms with Crippen LogP contribution in [-0.2, 0) is 0 Å². The third-order valence-electron chi connectivity index (χ3n) is 1.41. The molecule has 0 amide bonds. The fourth-order valence-electron chi connectivity index (χ4n) is 0.949. The molecule has 0 aromatic carbocycles. The Bertz CT molecular complexity index is 396. The first-order chi connectivity index (χ1) is 5.27. The van der Waals surface area contributed by atoms with Gasteiger partial charge in [-0.15, -0.1) is 0 Å². The molecule has 56 valence electrons. The smallest absolute Gasteiger partial charge is 0.156 e. The molecule has 0 unspecified atom stereocenters. The van der Waals surface area contributed by atoms with Crippen molar-refractivity contribution in [1.82, 2.24) is 9.38 Å². The lowest BCUT2D eigenvalue weighted by molar-refractivity contribution is 1.19. The molecular weight excluding hydrogens is 274 g/mol. The Kier molecular flexibility index (Phi) is 1.77. The van der Waals surface area contributed by atoms with Crippen molar-refractivity contribution >= 4 is 39.8 Å². The molecule has 0 aliphatic carbocycles. The van der Waals surface area contributed by atoms with Gasteiger partial charge in [0.05, 0.1) is 5.02 Å². The molecule has 0 N–H and O–H groups in total. The molecule has 0 aliphatic rings. The second-order valence-corrected chi connectivity index (χ2v) is 3.66. The van der Waals surface area contributed by atoms with Crippen molar-refractivity contribution < 1.29 is 0 Å². The molecule has 0 aliphatic heterocycles. The lowest BCUT2D eigenvalue weighted by Gasteiger charge is -1.91. The van der Waals surface area contributed by atoms with E-state index >= 15 is 0 Å². The maximum Gasteiger partial charge on any atom is 0.156 e. The molecule has 0 saturated carbocycles. The van der Waals surface area contributed by atoms with Crippen LogP contribution in [0.5, 0.6) is 0 Å². The fraction of sp³-hybridized carbons (Fsp3) is 0. The number of pyridine rings is 1. The predicted octanol–water partition coefficient (Wildman–Crippen LogP) is 2.59. The van der Waals surface area contributed by atoms with E-state index in [1.807, 2.05) is 28.9 Å². The molecule has 2 aromatic rings. The molecular formula is C7H4ClIN2. The number of hydrogen-bond acceptors (Lipinski definition) is 1. The van der Waals surface area contributed by atoms with Gasteiger partial charge in [-0.25, -0.2) is 4.98 Å². The zero-order valence-electron chi connectivity index (χ0n) is 5.46. The number of rotatable bonds is 0. The SMILES string of the molecule is Clc1cccn2cc(I)nc12. The predicted molar refractivity (Wildman–Crippen MR) is 52.9 cm³/mol. The van der Waals surface area contributed by atoms with Gasteiger partial charge in [0.1, 0.15) is 3.70 Å². The van der Waals surface area contributed by atoms with Crippen LogP contribution in [0.15, 0.2) is 24.5 Å². The van der Waals surface area contributed by atoms with Crippen LogP contribution in [0.1, 0.15) is 0 Å². The van der Waals surface area contributed by atoms with Gasteiger partial charge in [-0.05, 0) is 34.7 Å². The number of aromatic nitrogens is 2. The average molecular weight is 278 g/mol. The first kappa shape index (κ1) is 7.36. The molecule has 0 saturated heterocycles. The minimum atomic E-state index is 0.690. The van der Waals surface area contributed by atoms with Crippen LogP contribution in [-0.4, -0.2) is 9.38 Å². The van der Waals surface area contributed by atoms with Crippen LogP contribution < -0.4 is 0 Å². The second-order valence-electron chi connectivity index (χ2n) is 2.15. The van der Waals surface area contributed by atoms with Gasteiger partial charge in [-0.1, -0.05) is 11.6 Å². The molecule has 2 rings (SSSR count). The van der Waals surface area contributed by atoms with Gasteiger partial charge in [-0.2, -0.15) is 0 Å². The number of halogens is 2. The third-order valence-corrected chi connectivity index (χ3v) is 2.22. The highest BCUT2D eigenvalue weighted by Gasteiger charge is 2.00. The summed E-state index contributed by atoms with van der Waals surface area (Å²) in [5, 5.41) is 0.690. The molecule has 0 bridgehead atoms. The van der Waals surface area contributed by atoms with Crippen molar-refractivity contribution in [2.45, 2.75) is 0 Å². The van der Waals surface area contributed by atoms with E-state index < -0.39 is 0 Å². The van der Waals surface area contributed by atoms with E-state index in [1.165, 1.54) is 0 Å². The molecule has 2 heterocycles. The first-order valence-electron chi connectivity index (χ1n) is 3.06. The van der Waals surface area contributed by atoms with Gasteiger partial charge >= 0.3 is 0 Å². The summed E-state index contributed by atoms with van der Waals surface area (Å²) in [4.78, 5) is 4.23. The quantitative estimate of drug-likeness (QED) is 0.677. The number of fused-ring (bicyclic) bond motifs is 1. The van der Waals surface area contributed by atoms with Crippen LogP contribution in [0.2, 0.25) is 5.02 Å². The largest absolute Gasteiger partial charge is 0.305 e. The average Bonchev–Trinajstić information content (AvgIpc) is 2.31. The van der Waals surface area contributed by atoms with Crippen molar-refractivity contribution in [2.24, 2.45) is 0 Å². The molecule has 0 radical (unpaired) electrons. The Morgan fingerprint density at radius 3 is 3.09 bits per heavy atom. The number of hydrogen-bond donors (Lipinski definition) is 0. The van der Waals surface area contributed by atoms with Gasteiger partial charge in [-0.3, -0.25) is 0 Å². The minimum Gasteiger partial charge on any atom is -0.305 e. The number of imidazole rings is 1. The summed E-state index contributed by atoms with van der Waals surface area (Å²) in [5.41, 5.74) is 0.818. The van der Waals surface area contributed by atoms with Crippen molar-refractivity contribution in [2.75, 3.05) is 0 Å². The molecule has 2 nitrogen and oxygen atoms in total. The van der Waals surface area contributed by atoms with Gasteiger partial charge in [0.15, 0.2) is 5.65 Å². The Balaban J connectivity index is 2.90. The Morgan fingerprint density at radius 2 is 2.36 bits per heavy atom. The highest BCUT2D eigenvalue weighted by molar-refractivity contribution is 14.1. The van der Waals surface area contributed by atoms with Crippen LogP contribution in [0.25, 0.3) is 5.65 Å². The van der Waals surface area contributed by atoms with E-state index in [2.05, 4.69) is 27.6 Å². The van der Waals surface area contributed by atoms with Crippen molar-refractivity contribution in [3.8, 4) is 0 Å². The standard InChI is InChI=1S/C7H4ClIN2/c8-5-2-1-3-11-4-6(9)10-7(5)11/h1-4H. The summed E-state index contributed by atoms with van der Waals surface area (Å²) in [6.07, 6.45) is 3.86. The monoisotopic (exact) mass is 278 g/mol. The fourth-order valence-corrected chi connectivity index (χ4v) is 1.69. The molecule has 0 fully saturated rings. The first-order valence-corrected chi connectivity index (χ1v) is 4.52. The summed E-state index contributed by atoms with van der Waals surface area (Å²) in [6, 6.07) is 3.73. The topological polar surface area (TPSA) is 17.3 Å². The van der Waals surface area contributed by atoms with Gasteiger partial charge in [0.25, 0.3) is 0 Å².